The van der Waals surface area contributed by atoms with Crippen molar-refractivity contribution in [2.75, 3.05) is 6.61 Å². The molecule has 20 heavy (non-hydrogen) atoms. The van der Waals surface area contributed by atoms with E-state index in [0.29, 0.717) is 6.42 Å². The SMILES string of the molecule is N#C[C@@H](c1ccc(F)cc1F)[C@H](CCO)c1cncs1. The second kappa shape index (κ2) is 6.55. The summed E-state index contributed by atoms with van der Waals surface area (Å²) in [6.45, 7) is -0.121. The van der Waals surface area contributed by atoms with Crippen LogP contribution in [-0.2, 0) is 0 Å². The Bertz CT molecular complexity index is 610. The number of rotatable bonds is 5. The van der Waals surface area contributed by atoms with Crippen molar-refractivity contribution in [2.24, 2.45) is 0 Å². The van der Waals surface area contributed by atoms with Crippen LogP contribution >= 0.6 is 11.3 Å². The number of nitrogens with zero attached hydrogens (tertiary/aromatic N) is 2. The Labute approximate surface area is 119 Å². The summed E-state index contributed by atoms with van der Waals surface area (Å²) in [6.07, 6.45) is 1.92. The van der Waals surface area contributed by atoms with Gasteiger partial charge < -0.3 is 5.11 Å². The third-order valence-electron chi connectivity index (χ3n) is 3.10. The van der Waals surface area contributed by atoms with Gasteiger partial charge in [0.1, 0.15) is 11.6 Å². The highest BCUT2D eigenvalue weighted by Gasteiger charge is 2.28. The Balaban J connectivity index is 2.41. The van der Waals surface area contributed by atoms with Crippen molar-refractivity contribution in [3.05, 3.63) is 52.0 Å². The molecule has 1 aromatic heterocycles. The number of halogens is 2. The van der Waals surface area contributed by atoms with Crippen molar-refractivity contribution in [1.82, 2.24) is 4.98 Å². The van der Waals surface area contributed by atoms with Crippen LogP contribution in [0.1, 0.15) is 28.7 Å². The lowest BCUT2D eigenvalue weighted by Crippen LogP contribution is -2.12. The lowest BCUT2D eigenvalue weighted by Gasteiger charge is -2.20. The van der Waals surface area contributed by atoms with Crippen molar-refractivity contribution < 1.29 is 13.9 Å². The first kappa shape index (κ1) is 14.6. The van der Waals surface area contributed by atoms with E-state index in [1.807, 2.05) is 0 Å². The van der Waals surface area contributed by atoms with Crippen LogP contribution < -0.4 is 0 Å². The van der Waals surface area contributed by atoms with Gasteiger partial charge in [-0.2, -0.15) is 5.26 Å². The van der Waals surface area contributed by atoms with Crippen LogP contribution in [0, 0.1) is 23.0 Å². The van der Waals surface area contributed by atoms with Gasteiger partial charge in [0.15, 0.2) is 0 Å². The molecule has 0 unspecified atom stereocenters. The first-order chi connectivity index (χ1) is 9.67. The fraction of sp³-hybridized carbons (Fsp3) is 0.286. The van der Waals surface area contributed by atoms with E-state index in [4.69, 9.17) is 5.11 Å². The maximum absolute atomic E-state index is 13.9. The molecule has 104 valence electrons. The van der Waals surface area contributed by atoms with Gasteiger partial charge >= 0.3 is 0 Å². The van der Waals surface area contributed by atoms with Crippen molar-refractivity contribution >= 4 is 11.3 Å². The Hall–Kier alpha value is -1.84. The average molecular weight is 294 g/mol. The average Bonchev–Trinajstić information content (AvgIpc) is 2.94. The fourth-order valence-electron chi connectivity index (χ4n) is 2.15. The van der Waals surface area contributed by atoms with Gasteiger partial charge in [0.05, 0.1) is 17.5 Å². The van der Waals surface area contributed by atoms with E-state index in [1.54, 1.807) is 11.7 Å². The van der Waals surface area contributed by atoms with Gasteiger partial charge in [0.2, 0.25) is 0 Å². The molecule has 0 saturated carbocycles. The van der Waals surface area contributed by atoms with Crippen LogP contribution in [-0.4, -0.2) is 16.7 Å². The molecule has 0 amide bonds. The molecule has 6 heteroatoms. The summed E-state index contributed by atoms with van der Waals surface area (Å²) in [5.74, 6) is -2.58. The van der Waals surface area contributed by atoms with E-state index in [-0.39, 0.29) is 18.1 Å². The smallest absolute Gasteiger partial charge is 0.130 e. The first-order valence-electron chi connectivity index (χ1n) is 6.01. The van der Waals surface area contributed by atoms with E-state index in [9.17, 15) is 14.0 Å². The Morgan fingerprint density at radius 3 is 2.75 bits per heavy atom. The van der Waals surface area contributed by atoms with Gasteiger partial charge in [0, 0.05) is 35.2 Å². The van der Waals surface area contributed by atoms with E-state index >= 15 is 0 Å². The molecule has 0 aliphatic heterocycles. The Kier molecular flexibility index (Phi) is 4.77. The number of hydrogen-bond acceptors (Lipinski definition) is 4. The molecule has 0 aliphatic carbocycles. The third kappa shape index (κ3) is 3.00. The second-order valence-corrected chi connectivity index (χ2v) is 5.21. The zero-order valence-corrected chi connectivity index (χ0v) is 11.3. The largest absolute Gasteiger partial charge is 0.396 e. The van der Waals surface area contributed by atoms with Crippen molar-refractivity contribution in [2.45, 2.75) is 18.3 Å². The topological polar surface area (TPSA) is 56.9 Å². The van der Waals surface area contributed by atoms with Gasteiger partial charge in [-0.1, -0.05) is 6.07 Å². The molecule has 0 bridgehead atoms. The van der Waals surface area contributed by atoms with Crippen LogP contribution in [0.5, 0.6) is 0 Å². The molecule has 0 spiro atoms. The predicted molar refractivity (Wildman–Crippen MR) is 71.3 cm³/mol. The maximum atomic E-state index is 13.9. The summed E-state index contributed by atoms with van der Waals surface area (Å²) in [6, 6.07) is 5.24. The van der Waals surface area contributed by atoms with Gasteiger partial charge in [-0.05, 0) is 12.5 Å². The summed E-state index contributed by atoms with van der Waals surface area (Å²) in [4.78, 5) is 4.75. The fourth-order valence-corrected chi connectivity index (χ4v) is 2.94. The molecule has 1 N–H and O–H groups in total. The van der Waals surface area contributed by atoms with E-state index in [0.717, 1.165) is 17.0 Å². The molecule has 2 atom stereocenters. The van der Waals surface area contributed by atoms with Crippen LogP contribution in [0.4, 0.5) is 8.78 Å². The van der Waals surface area contributed by atoms with Crippen molar-refractivity contribution in [3.8, 4) is 6.07 Å². The van der Waals surface area contributed by atoms with Crippen molar-refractivity contribution in [3.63, 3.8) is 0 Å². The Morgan fingerprint density at radius 1 is 1.40 bits per heavy atom. The summed E-state index contributed by atoms with van der Waals surface area (Å²) < 4.78 is 26.8. The zero-order valence-electron chi connectivity index (χ0n) is 10.5. The van der Waals surface area contributed by atoms with Gasteiger partial charge in [-0.3, -0.25) is 4.98 Å². The number of benzene rings is 1. The van der Waals surface area contributed by atoms with Crippen LogP contribution in [0.25, 0.3) is 0 Å². The molecule has 1 aromatic carbocycles. The lowest BCUT2D eigenvalue weighted by molar-refractivity contribution is 0.272. The normalized spacial score (nSPS) is 13.7. The quantitative estimate of drug-likeness (QED) is 0.921. The van der Waals surface area contributed by atoms with E-state index in [2.05, 4.69) is 11.1 Å². The summed E-state index contributed by atoms with van der Waals surface area (Å²) in [5, 5.41) is 18.5. The van der Waals surface area contributed by atoms with E-state index < -0.39 is 17.6 Å². The molecule has 0 fully saturated rings. The molecule has 0 saturated heterocycles. The minimum Gasteiger partial charge on any atom is -0.396 e. The van der Waals surface area contributed by atoms with Crippen LogP contribution in [0.15, 0.2) is 29.9 Å². The molecular formula is C14H12F2N2OS. The molecule has 0 aliphatic rings. The van der Waals surface area contributed by atoms with Crippen molar-refractivity contribution in [1.29, 1.82) is 5.26 Å². The number of thiazole rings is 1. The van der Waals surface area contributed by atoms with Gasteiger partial charge in [0.25, 0.3) is 0 Å². The third-order valence-corrected chi connectivity index (χ3v) is 4.00. The van der Waals surface area contributed by atoms with Crippen LogP contribution in [0.2, 0.25) is 0 Å². The second-order valence-electron chi connectivity index (χ2n) is 4.30. The highest BCUT2D eigenvalue weighted by atomic mass is 32.1. The molecule has 0 radical (unpaired) electrons. The minimum absolute atomic E-state index is 0.121. The monoisotopic (exact) mass is 294 g/mol. The van der Waals surface area contributed by atoms with Crippen LogP contribution in [0.3, 0.4) is 0 Å². The molecule has 3 nitrogen and oxygen atoms in total. The molecule has 1 heterocycles. The minimum atomic E-state index is -0.789. The van der Waals surface area contributed by atoms with E-state index in [1.165, 1.54) is 17.4 Å². The maximum Gasteiger partial charge on any atom is 0.130 e. The molecular weight excluding hydrogens is 282 g/mol. The zero-order chi connectivity index (χ0) is 14.5. The lowest BCUT2D eigenvalue weighted by atomic mass is 9.84. The number of aliphatic hydroxyl groups is 1. The number of aliphatic hydroxyl groups excluding tert-OH is 1. The number of aromatic nitrogens is 1. The van der Waals surface area contributed by atoms with Gasteiger partial charge in [-0.15, -0.1) is 11.3 Å². The summed E-state index contributed by atoms with van der Waals surface area (Å²) in [7, 11) is 0. The van der Waals surface area contributed by atoms with Gasteiger partial charge in [-0.25, -0.2) is 8.78 Å². The first-order valence-corrected chi connectivity index (χ1v) is 6.89. The summed E-state index contributed by atoms with van der Waals surface area (Å²) in [5.41, 5.74) is 1.76. The predicted octanol–water partition coefficient (Wildman–Crippen LogP) is 3.19. The molecule has 2 aromatic rings. The molecule has 2 rings (SSSR count). The number of nitriles is 1. The summed E-state index contributed by atoms with van der Waals surface area (Å²) >= 11 is 1.35. The number of hydrogen-bond donors (Lipinski definition) is 1. The standard InChI is InChI=1S/C14H12F2N2OS/c15-9-1-2-10(13(16)5-9)12(6-17)11(3-4-19)14-7-18-8-20-14/h1-2,5,7-8,11-12,19H,3-4H2/t11-,12-/m0/s1. The highest BCUT2D eigenvalue weighted by molar-refractivity contribution is 7.09. The highest BCUT2D eigenvalue weighted by Crippen LogP contribution is 2.37. The Morgan fingerprint density at radius 2 is 2.20 bits per heavy atom.